The highest BCUT2D eigenvalue weighted by Gasteiger charge is 2.31. The minimum absolute atomic E-state index is 0.0585. The van der Waals surface area contributed by atoms with Crippen molar-refractivity contribution in [2.75, 3.05) is 6.54 Å². The highest BCUT2D eigenvalue weighted by Crippen LogP contribution is 2.19. The summed E-state index contributed by atoms with van der Waals surface area (Å²) in [5.74, 6) is -0.798. The van der Waals surface area contributed by atoms with Gasteiger partial charge in [0.25, 0.3) is 5.91 Å². The quantitative estimate of drug-likeness (QED) is 0.356. The van der Waals surface area contributed by atoms with Crippen molar-refractivity contribution in [3.05, 3.63) is 11.3 Å². The van der Waals surface area contributed by atoms with Gasteiger partial charge in [0.2, 0.25) is 0 Å². The highest BCUT2D eigenvalue weighted by atomic mass is 16.3. The molecule has 0 saturated carbocycles. The summed E-state index contributed by atoms with van der Waals surface area (Å²) in [7, 11) is 0. The topological polar surface area (TPSA) is 57.6 Å². The molecule has 0 bridgehead atoms. The summed E-state index contributed by atoms with van der Waals surface area (Å²) in [5.41, 5.74) is -0.434. The van der Waals surface area contributed by atoms with Crippen LogP contribution in [-0.4, -0.2) is 33.8 Å². The molecule has 0 aromatic carbocycles. The number of nitrogens with zero attached hydrogens (tertiary/aromatic N) is 1. The lowest BCUT2D eigenvalue weighted by atomic mass is 10.00. The molecule has 4 nitrogen and oxygen atoms in total. The molecule has 104 valence electrons. The molecule has 0 heterocycles. The molecule has 1 N–H and O–H groups in total. The summed E-state index contributed by atoms with van der Waals surface area (Å²) in [6, 6.07) is 0. The van der Waals surface area contributed by atoms with Crippen LogP contribution >= 0.6 is 0 Å². The Morgan fingerprint density at radius 2 is 1.56 bits per heavy atom. The number of aliphatic hydroxyl groups excluding tert-OH is 1. The lowest BCUT2D eigenvalue weighted by Crippen LogP contribution is -2.47. The molecule has 0 radical (unpaired) electrons. The second kappa shape index (κ2) is 6.57. The number of aliphatic hydroxyl groups is 1. The van der Waals surface area contributed by atoms with Crippen molar-refractivity contribution in [3.8, 4) is 0 Å². The van der Waals surface area contributed by atoms with E-state index in [1.54, 1.807) is 18.7 Å². The van der Waals surface area contributed by atoms with Crippen LogP contribution in [0.5, 0.6) is 0 Å². The molecule has 0 rings (SSSR count). The van der Waals surface area contributed by atoms with Crippen LogP contribution < -0.4 is 0 Å². The van der Waals surface area contributed by atoms with Gasteiger partial charge < -0.3 is 10.0 Å². The number of carbonyl (C=O) groups excluding carboxylic acids is 2. The third-order valence-electron chi connectivity index (χ3n) is 2.81. The Balaban J connectivity index is 5.54. The third kappa shape index (κ3) is 3.86. The Morgan fingerprint density at radius 3 is 1.83 bits per heavy atom. The first-order chi connectivity index (χ1) is 8.20. The number of carbonyl (C=O) groups is 2. The van der Waals surface area contributed by atoms with Crippen LogP contribution in [0.25, 0.3) is 0 Å². The molecule has 0 spiro atoms. The van der Waals surface area contributed by atoms with E-state index in [0.717, 1.165) is 0 Å². The summed E-state index contributed by atoms with van der Waals surface area (Å²) in [6.07, 6.45) is 0.501. The van der Waals surface area contributed by atoms with Crippen LogP contribution in [0.15, 0.2) is 11.3 Å². The first-order valence-corrected chi connectivity index (χ1v) is 6.47. The molecule has 0 saturated heterocycles. The predicted octanol–water partition coefficient (Wildman–Crippen LogP) is 2.83. The first-order valence-electron chi connectivity index (χ1n) is 6.47. The zero-order valence-corrected chi connectivity index (χ0v) is 12.3. The van der Waals surface area contributed by atoms with Gasteiger partial charge in [0, 0.05) is 24.9 Å². The van der Waals surface area contributed by atoms with E-state index in [1.165, 1.54) is 0 Å². The van der Waals surface area contributed by atoms with E-state index in [0.29, 0.717) is 6.54 Å². The standard InChI is InChI=1S/C14H25NO3/c1-7-10(16)12(11(17)8-2)13(18)15(9-3)14(4,5)6/h16H,7-9H2,1-6H3/b12-10+. The summed E-state index contributed by atoms with van der Waals surface area (Å²) >= 11 is 0. The van der Waals surface area contributed by atoms with E-state index < -0.39 is 0 Å². The Kier molecular flexibility index (Phi) is 6.09. The molecule has 0 fully saturated rings. The Morgan fingerprint density at radius 1 is 1.06 bits per heavy atom. The molecular weight excluding hydrogens is 230 g/mol. The van der Waals surface area contributed by atoms with Crippen LogP contribution in [0.3, 0.4) is 0 Å². The lowest BCUT2D eigenvalue weighted by Gasteiger charge is -2.35. The Bertz CT molecular complexity index is 351. The minimum Gasteiger partial charge on any atom is -0.511 e. The molecule has 1 amide bonds. The number of rotatable bonds is 5. The average Bonchev–Trinajstić information content (AvgIpc) is 2.27. The molecule has 4 heteroatoms. The maximum atomic E-state index is 12.4. The number of Topliss-reactive ketones (excluding diaryl/α,β-unsaturated/α-hetero) is 1. The van der Waals surface area contributed by atoms with Crippen molar-refractivity contribution in [2.45, 2.75) is 59.9 Å². The van der Waals surface area contributed by atoms with Crippen molar-refractivity contribution in [2.24, 2.45) is 0 Å². The van der Waals surface area contributed by atoms with Gasteiger partial charge in [-0.1, -0.05) is 13.8 Å². The third-order valence-corrected chi connectivity index (χ3v) is 2.81. The van der Waals surface area contributed by atoms with Gasteiger partial charge in [0.1, 0.15) is 11.3 Å². The number of ketones is 1. The maximum Gasteiger partial charge on any atom is 0.261 e. The molecular formula is C14H25NO3. The zero-order chi connectivity index (χ0) is 14.5. The second-order valence-electron chi connectivity index (χ2n) is 5.17. The predicted molar refractivity (Wildman–Crippen MR) is 72.4 cm³/mol. The maximum absolute atomic E-state index is 12.4. The molecule has 0 unspecified atom stereocenters. The van der Waals surface area contributed by atoms with Crippen molar-refractivity contribution in [1.82, 2.24) is 4.90 Å². The summed E-state index contributed by atoms with van der Waals surface area (Å²) < 4.78 is 0. The molecule has 0 atom stereocenters. The SMILES string of the molecule is CCC(=O)/C(C(=O)N(CC)C(C)(C)C)=C(\O)CC. The van der Waals surface area contributed by atoms with Crippen molar-refractivity contribution in [1.29, 1.82) is 0 Å². The minimum atomic E-state index is -0.379. The van der Waals surface area contributed by atoms with E-state index in [-0.39, 0.29) is 41.4 Å². The lowest BCUT2D eigenvalue weighted by molar-refractivity contribution is -0.133. The van der Waals surface area contributed by atoms with Gasteiger partial charge in [-0.05, 0) is 27.7 Å². The van der Waals surface area contributed by atoms with E-state index >= 15 is 0 Å². The largest absolute Gasteiger partial charge is 0.511 e. The van der Waals surface area contributed by atoms with E-state index in [1.807, 2.05) is 27.7 Å². The fraction of sp³-hybridized carbons (Fsp3) is 0.714. The summed E-state index contributed by atoms with van der Waals surface area (Å²) in [6.45, 7) is 11.5. The van der Waals surface area contributed by atoms with E-state index in [4.69, 9.17) is 0 Å². The molecule has 0 aliphatic carbocycles. The van der Waals surface area contributed by atoms with Crippen LogP contribution in [0, 0.1) is 0 Å². The van der Waals surface area contributed by atoms with Gasteiger partial charge in [-0.15, -0.1) is 0 Å². The van der Waals surface area contributed by atoms with Crippen LogP contribution in [-0.2, 0) is 9.59 Å². The van der Waals surface area contributed by atoms with Crippen molar-refractivity contribution >= 4 is 11.7 Å². The highest BCUT2D eigenvalue weighted by molar-refractivity contribution is 6.19. The Hall–Kier alpha value is -1.32. The molecule has 0 aliphatic heterocycles. The number of amides is 1. The molecule has 0 aromatic rings. The second-order valence-corrected chi connectivity index (χ2v) is 5.17. The van der Waals surface area contributed by atoms with Crippen LogP contribution in [0.1, 0.15) is 54.4 Å². The Labute approximate surface area is 110 Å². The summed E-state index contributed by atoms with van der Waals surface area (Å²) in [5, 5.41) is 9.81. The number of likely N-dealkylation sites (N-methyl/N-ethyl adjacent to an activating group) is 1. The van der Waals surface area contributed by atoms with Crippen molar-refractivity contribution < 1.29 is 14.7 Å². The van der Waals surface area contributed by atoms with Gasteiger partial charge in [0.15, 0.2) is 5.78 Å². The van der Waals surface area contributed by atoms with Gasteiger partial charge in [-0.25, -0.2) is 0 Å². The van der Waals surface area contributed by atoms with Gasteiger partial charge >= 0.3 is 0 Å². The monoisotopic (exact) mass is 255 g/mol. The van der Waals surface area contributed by atoms with Crippen molar-refractivity contribution in [3.63, 3.8) is 0 Å². The number of allylic oxidation sites excluding steroid dienone is 1. The smallest absolute Gasteiger partial charge is 0.261 e. The number of hydrogen-bond acceptors (Lipinski definition) is 3. The van der Waals surface area contributed by atoms with Crippen LogP contribution in [0.4, 0.5) is 0 Å². The molecule has 0 aromatic heterocycles. The average molecular weight is 255 g/mol. The van der Waals surface area contributed by atoms with Gasteiger partial charge in [-0.3, -0.25) is 9.59 Å². The normalized spacial score (nSPS) is 13.0. The molecule has 18 heavy (non-hydrogen) atoms. The fourth-order valence-corrected chi connectivity index (χ4v) is 1.81. The molecule has 0 aliphatic rings. The van der Waals surface area contributed by atoms with Crippen LogP contribution in [0.2, 0.25) is 0 Å². The first kappa shape index (κ1) is 16.7. The van der Waals surface area contributed by atoms with Gasteiger partial charge in [-0.2, -0.15) is 0 Å². The van der Waals surface area contributed by atoms with E-state index in [2.05, 4.69) is 0 Å². The van der Waals surface area contributed by atoms with Gasteiger partial charge in [0.05, 0.1) is 0 Å². The number of hydrogen-bond donors (Lipinski definition) is 1. The van der Waals surface area contributed by atoms with E-state index in [9.17, 15) is 14.7 Å². The summed E-state index contributed by atoms with van der Waals surface area (Å²) in [4.78, 5) is 25.8. The fourth-order valence-electron chi connectivity index (χ4n) is 1.81. The zero-order valence-electron chi connectivity index (χ0n) is 12.3.